The molecule has 0 amide bonds. The highest BCUT2D eigenvalue weighted by atomic mass is 15.0. The fourth-order valence-electron chi connectivity index (χ4n) is 2.72. The Balaban J connectivity index is 1.98. The van der Waals surface area contributed by atoms with Gasteiger partial charge < -0.3 is 10.1 Å². The molecule has 0 bridgehead atoms. The predicted molar refractivity (Wildman–Crippen MR) is 88.3 cm³/mol. The average Bonchev–Trinajstić information content (AvgIpc) is 2.83. The first kappa shape index (κ1) is 13.7. The molecule has 2 heterocycles. The molecule has 108 valence electrons. The molecule has 0 atom stereocenters. The highest BCUT2D eigenvalue weighted by molar-refractivity contribution is 5.65. The Morgan fingerprint density at radius 2 is 1.86 bits per heavy atom. The Bertz CT molecular complexity index is 767. The minimum Gasteiger partial charge on any atom is -0.398 e. The van der Waals surface area contributed by atoms with Crippen molar-refractivity contribution in [3.05, 3.63) is 53.9 Å². The molecule has 2 aromatic heterocycles. The first-order valence-corrected chi connectivity index (χ1v) is 7.37. The number of benzene rings is 1. The molecule has 3 heteroatoms. The van der Waals surface area contributed by atoms with Gasteiger partial charge in [-0.1, -0.05) is 38.1 Å². The number of aromatic nitrogens is 2. The highest BCUT2D eigenvalue weighted by Crippen LogP contribution is 2.23. The van der Waals surface area contributed by atoms with Gasteiger partial charge in [0.1, 0.15) is 5.65 Å². The SMILES string of the molecule is Cc1cc(N)cn2cc(-c3ccc(CC(C)C)cc3)nc12. The second-order valence-electron chi connectivity index (χ2n) is 6.11. The standard InChI is InChI=1S/C18H21N3/c1-12(2)8-14-4-6-15(7-5-14)17-11-21-10-16(19)9-13(3)18(21)20-17/h4-7,9-12H,8,19H2,1-3H3. The van der Waals surface area contributed by atoms with Gasteiger partial charge in [0, 0.05) is 23.6 Å². The van der Waals surface area contributed by atoms with Crippen molar-refractivity contribution in [1.29, 1.82) is 0 Å². The Morgan fingerprint density at radius 3 is 2.52 bits per heavy atom. The van der Waals surface area contributed by atoms with Crippen LogP contribution < -0.4 is 5.73 Å². The number of anilines is 1. The lowest BCUT2D eigenvalue weighted by atomic mass is 10.0. The fraction of sp³-hybridized carbons (Fsp3) is 0.278. The lowest BCUT2D eigenvalue weighted by Crippen LogP contribution is -1.93. The van der Waals surface area contributed by atoms with E-state index in [2.05, 4.69) is 38.1 Å². The quantitative estimate of drug-likeness (QED) is 0.784. The molecule has 0 fully saturated rings. The number of fused-ring (bicyclic) bond motifs is 1. The van der Waals surface area contributed by atoms with Crippen molar-refractivity contribution in [2.45, 2.75) is 27.2 Å². The largest absolute Gasteiger partial charge is 0.398 e. The summed E-state index contributed by atoms with van der Waals surface area (Å²) in [5.41, 5.74) is 12.2. The van der Waals surface area contributed by atoms with Gasteiger partial charge in [-0.15, -0.1) is 0 Å². The smallest absolute Gasteiger partial charge is 0.140 e. The summed E-state index contributed by atoms with van der Waals surface area (Å²) in [5.74, 6) is 0.677. The molecule has 0 aliphatic heterocycles. The summed E-state index contributed by atoms with van der Waals surface area (Å²) in [4.78, 5) is 4.72. The zero-order chi connectivity index (χ0) is 15.0. The van der Waals surface area contributed by atoms with Crippen LogP contribution in [0.1, 0.15) is 25.0 Å². The summed E-state index contributed by atoms with van der Waals surface area (Å²) in [6.45, 7) is 6.51. The Morgan fingerprint density at radius 1 is 1.14 bits per heavy atom. The van der Waals surface area contributed by atoms with E-state index in [1.807, 2.05) is 29.8 Å². The van der Waals surface area contributed by atoms with Crippen molar-refractivity contribution in [1.82, 2.24) is 9.38 Å². The molecular weight excluding hydrogens is 258 g/mol. The number of hydrogen-bond donors (Lipinski definition) is 1. The molecule has 0 saturated heterocycles. The number of nitrogens with zero attached hydrogens (tertiary/aromatic N) is 2. The van der Waals surface area contributed by atoms with Crippen molar-refractivity contribution in [2.75, 3.05) is 5.73 Å². The number of imidazole rings is 1. The summed E-state index contributed by atoms with van der Waals surface area (Å²) in [6.07, 6.45) is 5.06. The number of rotatable bonds is 3. The summed E-state index contributed by atoms with van der Waals surface area (Å²) >= 11 is 0. The van der Waals surface area contributed by atoms with Gasteiger partial charge in [0.15, 0.2) is 0 Å². The Hall–Kier alpha value is -2.29. The maximum atomic E-state index is 5.89. The minimum atomic E-state index is 0.677. The van der Waals surface area contributed by atoms with E-state index >= 15 is 0 Å². The van der Waals surface area contributed by atoms with E-state index in [9.17, 15) is 0 Å². The van der Waals surface area contributed by atoms with E-state index in [1.54, 1.807) is 0 Å². The van der Waals surface area contributed by atoms with Crippen molar-refractivity contribution < 1.29 is 0 Å². The second-order valence-corrected chi connectivity index (χ2v) is 6.11. The monoisotopic (exact) mass is 279 g/mol. The molecular formula is C18H21N3. The van der Waals surface area contributed by atoms with Crippen LogP contribution in [0.15, 0.2) is 42.7 Å². The van der Waals surface area contributed by atoms with Crippen LogP contribution in [0.25, 0.3) is 16.9 Å². The summed E-state index contributed by atoms with van der Waals surface area (Å²) in [6, 6.07) is 10.6. The first-order chi connectivity index (χ1) is 10.0. The number of nitrogens with two attached hydrogens (primary N) is 1. The normalized spacial score (nSPS) is 11.4. The van der Waals surface area contributed by atoms with Crippen molar-refractivity contribution in [2.24, 2.45) is 5.92 Å². The van der Waals surface area contributed by atoms with Crippen molar-refractivity contribution >= 4 is 11.3 Å². The molecule has 0 aliphatic carbocycles. The lowest BCUT2D eigenvalue weighted by molar-refractivity contribution is 0.647. The van der Waals surface area contributed by atoms with E-state index < -0.39 is 0 Å². The molecule has 0 radical (unpaired) electrons. The Labute approximate surface area is 125 Å². The van der Waals surface area contributed by atoms with Crippen molar-refractivity contribution in [3.8, 4) is 11.3 Å². The Kier molecular flexibility index (Phi) is 3.42. The van der Waals surface area contributed by atoms with E-state index in [-0.39, 0.29) is 0 Å². The van der Waals surface area contributed by atoms with E-state index in [0.29, 0.717) is 5.92 Å². The molecule has 21 heavy (non-hydrogen) atoms. The lowest BCUT2D eigenvalue weighted by Gasteiger charge is -2.05. The maximum Gasteiger partial charge on any atom is 0.140 e. The third kappa shape index (κ3) is 2.77. The van der Waals surface area contributed by atoms with E-state index in [1.165, 1.54) is 5.56 Å². The van der Waals surface area contributed by atoms with E-state index in [0.717, 1.165) is 34.6 Å². The molecule has 3 aromatic rings. The number of aryl methyl sites for hydroxylation is 1. The minimum absolute atomic E-state index is 0.677. The summed E-state index contributed by atoms with van der Waals surface area (Å²) < 4.78 is 2.00. The molecule has 2 N–H and O–H groups in total. The van der Waals surface area contributed by atoms with Gasteiger partial charge >= 0.3 is 0 Å². The van der Waals surface area contributed by atoms with Gasteiger partial charge in [-0.3, -0.25) is 0 Å². The zero-order valence-electron chi connectivity index (χ0n) is 12.8. The first-order valence-electron chi connectivity index (χ1n) is 7.37. The predicted octanol–water partition coefficient (Wildman–Crippen LogP) is 4.09. The molecule has 3 rings (SSSR count). The zero-order valence-corrected chi connectivity index (χ0v) is 12.8. The molecule has 0 saturated carbocycles. The van der Waals surface area contributed by atoms with Gasteiger partial charge in [-0.05, 0) is 36.5 Å². The van der Waals surface area contributed by atoms with Crippen LogP contribution in [-0.2, 0) is 6.42 Å². The molecule has 0 unspecified atom stereocenters. The third-order valence-electron chi connectivity index (χ3n) is 3.65. The topological polar surface area (TPSA) is 43.3 Å². The van der Waals surface area contributed by atoms with Crippen LogP contribution in [0.5, 0.6) is 0 Å². The van der Waals surface area contributed by atoms with Gasteiger partial charge in [-0.2, -0.15) is 0 Å². The fourth-order valence-corrected chi connectivity index (χ4v) is 2.72. The highest BCUT2D eigenvalue weighted by Gasteiger charge is 2.07. The van der Waals surface area contributed by atoms with Gasteiger partial charge in [0.25, 0.3) is 0 Å². The molecule has 1 aromatic carbocycles. The van der Waals surface area contributed by atoms with Crippen LogP contribution in [-0.4, -0.2) is 9.38 Å². The maximum absolute atomic E-state index is 5.89. The summed E-state index contributed by atoms with van der Waals surface area (Å²) in [5, 5.41) is 0. The summed E-state index contributed by atoms with van der Waals surface area (Å²) in [7, 11) is 0. The van der Waals surface area contributed by atoms with Gasteiger partial charge in [0.2, 0.25) is 0 Å². The van der Waals surface area contributed by atoms with E-state index in [4.69, 9.17) is 10.7 Å². The van der Waals surface area contributed by atoms with Gasteiger partial charge in [0.05, 0.1) is 5.69 Å². The second kappa shape index (κ2) is 5.24. The van der Waals surface area contributed by atoms with Crippen LogP contribution >= 0.6 is 0 Å². The molecule has 0 aliphatic rings. The van der Waals surface area contributed by atoms with Crippen LogP contribution in [0, 0.1) is 12.8 Å². The molecule has 3 nitrogen and oxygen atoms in total. The number of pyridine rings is 1. The van der Waals surface area contributed by atoms with Crippen LogP contribution in [0.4, 0.5) is 5.69 Å². The average molecular weight is 279 g/mol. The van der Waals surface area contributed by atoms with Crippen molar-refractivity contribution in [3.63, 3.8) is 0 Å². The van der Waals surface area contributed by atoms with Gasteiger partial charge in [-0.25, -0.2) is 4.98 Å². The third-order valence-corrected chi connectivity index (χ3v) is 3.65. The number of hydrogen-bond acceptors (Lipinski definition) is 2. The van der Waals surface area contributed by atoms with Crippen LogP contribution in [0.3, 0.4) is 0 Å². The van der Waals surface area contributed by atoms with Crippen LogP contribution in [0.2, 0.25) is 0 Å². The molecule has 0 spiro atoms. The number of nitrogen functional groups attached to an aromatic ring is 1.